The second kappa shape index (κ2) is 11.5. The molecule has 4 aromatic rings. The van der Waals surface area contributed by atoms with Gasteiger partial charge in [-0.1, -0.05) is 34.3 Å². The maximum atomic E-state index is 14.9. The van der Waals surface area contributed by atoms with Gasteiger partial charge in [-0.15, -0.1) is 0 Å². The van der Waals surface area contributed by atoms with E-state index < -0.39 is 29.4 Å². The molecule has 3 aromatic heterocycles. The summed E-state index contributed by atoms with van der Waals surface area (Å²) in [7, 11) is 0. The zero-order valence-corrected chi connectivity index (χ0v) is 24.1. The molecule has 1 N–H and O–H groups in total. The molecule has 0 bridgehead atoms. The van der Waals surface area contributed by atoms with Crippen LogP contribution in [0.2, 0.25) is 10.2 Å². The molecule has 10 nitrogen and oxygen atoms in total. The van der Waals surface area contributed by atoms with Gasteiger partial charge < -0.3 is 9.88 Å². The first-order valence-corrected chi connectivity index (χ1v) is 13.6. The molecular formula is C27H23Cl2F4N6O4+. The lowest BCUT2D eigenvalue weighted by atomic mass is 10.0. The number of nitrogens with zero attached hydrogens (tertiary/aromatic N) is 5. The molecule has 1 saturated heterocycles. The number of anilines is 1. The van der Waals surface area contributed by atoms with E-state index in [-0.39, 0.29) is 65.5 Å². The number of benzene rings is 1. The number of H-pyrrole nitrogens is 1. The van der Waals surface area contributed by atoms with E-state index in [1.165, 1.54) is 52.8 Å². The molecule has 43 heavy (non-hydrogen) atoms. The van der Waals surface area contributed by atoms with Crippen LogP contribution in [-0.2, 0) is 11.2 Å². The number of alkyl halides is 3. The monoisotopic (exact) mass is 641 g/mol. The Balaban J connectivity index is 1.34. The molecule has 0 unspecified atom stereocenters. The first kappa shape index (κ1) is 30.3. The molecule has 0 aliphatic carbocycles. The Labute approximate surface area is 251 Å². The summed E-state index contributed by atoms with van der Waals surface area (Å²) in [5.41, 5.74) is 1.45. The second-order valence-corrected chi connectivity index (χ2v) is 10.7. The quantitative estimate of drug-likeness (QED) is 0.265. The maximum Gasteiger partial charge on any atom is 0.495 e. The molecular weight excluding hydrogens is 619 g/mol. The lowest BCUT2D eigenvalue weighted by Crippen LogP contribution is -2.59. The first-order valence-electron chi connectivity index (χ1n) is 12.8. The van der Waals surface area contributed by atoms with E-state index in [2.05, 4.69) is 14.8 Å². The molecule has 226 valence electrons. The minimum atomic E-state index is -5.21. The van der Waals surface area contributed by atoms with Crippen LogP contribution >= 0.6 is 23.2 Å². The summed E-state index contributed by atoms with van der Waals surface area (Å²) >= 11 is 12.4. The third-order valence-corrected chi connectivity index (χ3v) is 7.64. The van der Waals surface area contributed by atoms with E-state index in [9.17, 15) is 31.9 Å². The third-order valence-electron chi connectivity index (χ3n) is 6.89. The molecule has 0 spiro atoms. The minimum Gasteiger partial charge on any atom is -0.332 e. The number of nitrogens with one attached hydrogen (secondary N) is 1. The highest BCUT2D eigenvalue weighted by Crippen LogP contribution is 2.27. The van der Waals surface area contributed by atoms with Gasteiger partial charge in [0.05, 0.1) is 36.8 Å². The summed E-state index contributed by atoms with van der Waals surface area (Å²) in [5.74, 6) is -3.76. The Kier molecular flexibility index (Phi) is 8.09. The average molecular weight is 642 g/mol. The fourth-order valence-electron chi connectivity index (χ4n) is 4.86. The number of amides is 1. The molecule has 1 aliphatic heterocycles. The van der Waals surface area contributed by atoms with Gasteiger partial charge in [-0.2, -0.15) is 13.2 Å². The smallest absolute Gasteiger partial charge is 0.332 e. The first-order chi connectivity index (χ1) is 20.2. The molecule has 4 heterocycles. The maximum absolute atomic E-state index is 14.9. The van der Waals surface area contributed by atoms with E-state index >= 15 is 0 Å². The Morgan fingerprint density at radius 3 is 2.47 bits per heavy atom. The van der Waals surface area contributed by atoms with Crippen molar-refractivity contribution in [3.05, 3.63) is 91.1 Å². The number of carbonyl (C=O) groups excluding carboxylic acids is 2. The molecule has 1 aliphatic rings. The third kappa shape index (κ3) is 6.02. The SMILES string of the molecule is Cc1cc(C)[n+](OC(=O)C(F)(F)F)c(N2CCN(C(=O)c3cc(Cc4c[nH]c(=O)c5cc(Cl)c(Cl)n45)ccc3F)CC2)n1. The molecule has 1 fully saturated rings. The van der Waals surface area contributed by atoms with Crippen LogP contribution in [0.25, 0.3) is 5.52 Å². The van der Waals surface area contributed by atoms with Gasteiger partial charge in [-0.05, 0) is 42.3 Å². The zero-order valence-electron chi connectivity index (χ0n) is 22.6. The summed E-state index contributed by atoms with van der Waals surface area (Å²) < 4.78 is 55.7. The Morgan fingerprint density at radius 1 is 1.09 bits per heavy atom. The highest BCUT2D eigenvalue weighted by Gasteiger charge is 2.44. The Morgan fingerprint density at radius 2 is 1.79 bits per heavy atom. The molecule has 5 rings (SSSR count). The van der Waals surface area contributed by atoms with Crippen LogP contribution in [0, 0.1) is 19.7 Å². The van der Waals surface area contributed by atoms with Gasteiger partial charge in [0.25, 0.3) is 11.5 Å². The number of hydrogen-bond acceptors (Lipinski definition) is 6. The van der Waals surface area contributed by atoms with E-state index in [4.69, 9.17) is 23.2 Å². The summed E-state index contributed by atoms with van der Waals surface area (Å²) in [5, 5.41) is 0.329. The number of fused-ring (bicyclic) bond motifs is 1. The molecule has 1 aromatic carbocycles. The lowest BCUT2D eigenvalue weighted by Gasteiger charge is -2.32. The van der Waals surface area contributed by atoms with Crippen molar-refractivity contribution in [2.45, 2.75) is 26.4 Å². The number of rotatable bonds is 5. The number of carbonyl (C=O) groups is 2. The van der Waals surface area contributed by atoms with Crippen LogP contribution in [-0.4, -0.2) is 63.5 Å². The number of hydrogen-bond donors (Lipinski definition) is 1. The van der Waals surface area contributed by atoms with E-state index in [0.29, 0.717) is 21.7 Å². The van der Waals surface area contributed by atoms with E-state index in [0.717, 1.165) is 0 Å². The number of aromatic nitrogens is 4. The second-order valence-electron chi connectivity index (χ2n) is 9.89. The van der Waals surface area contributed by atoms with E-state index in [1.807, 2.05) is 0 Å². The van der Waals surface area contributed by atoms with Crippen LogP contribution in [0.5, 0.6) is 0 Å². The van der Waals surface area contributed by atoms with Gasteiger partial charge in [-0.25, -0.2) is 9.18 Å². The lowest BCUT2D eigenvalue weighted by molar-refractivity contribution is -0.866. The Bertz CT molecular complexity index is 1820. The van der Waals surface area contributed by atoms with Crippen LogP contribution in [0.4, 0.5) is 23.5 Å². The minimum absolute atomic E-state index is 0.0358. The van der Waals surface area contributed by atoms with Gasteiger partial charge in [0, 0.05) is 24.4 Å². The van der Waals surface area contributed by atoms with Crippen molar-refractivity contribution < 1.29 is 36.7 Å². The van der Waals surface area contributed by atoms with Crippen molar-refractivity contribution >= 4 is 46.5 Å². The molecule has 16 heteroatoms. The number of aromatic amines is 1. The van der Waals surface area contributed by atoms with Crippen LogP contribution < -0.4 is 20.0 Å². The van der Waals surface area contributed by atoms with Gasteiger partial charge in [0.2, 0.25) is 0 Å². The standard InChI is InChI=1S/C27H22Cl2F4N6O4/c1-14-9-15(2)39(43-25(42)27(31,32)33)26(35-14)37-7-5-36(6-8-37)24(41)18-11-16(3-4-20(18)30)10-17-13-34-23(40)21-12-19(28)22(29)38(17)21/h3-4,9,11-13H,5-8,10H2,1-2H3/p+1. The van der Waals surface area contributed by atoms with Crippen molar-refractivity contribution in [1.82, 2.24) is 19.3 Å². The van der Waals surface area contributed by atoms with Crippen molar-refractivity contribution in [1.29, 1.82) is 0 Å². The highest BCUT2D eigenvalue weighted by molar-refractivity contribution is 6.42. The van der Waals surface area contributed by atoms with Crippen molar-refractivity contribution in [3.8, 4) is 0 Å². The topological polar surface area (TPSA) is 104 Å². The summed E-state index contributed by atoms with van der Waals surface area (Å²) in [6, 6.07) is 6.98. The van der Waals surface area contributed by atoms with E-state index in [1.54, 1.807) is 11.8 Å². The number of halogens is 6. The van der Waals surface area contributed by atoms with Crippen LogP contribution in [0.1, 0.15) is 33.0 Å². The molecule has 0 radical (unpaired) electrons. The van der Waals surface area contributed by atoms with Crippen LogP contribution in [0.15, 0.2) is 41.3 Å². The predicted octanol–water partition coefficient (Wildman–Crippen LogP) is 3.44. The molecule has 1 amide bonds. The van der Waals surface area contributed by atoms with Crippen molar-refractivity contribution in [2.24, 2.45) is 0 Å². The summed E-state index contributed by atoms with van der Waals surface area (Å²) in [6.45, 7) is 3.52. The largest absolute Gasteiger partial charge is 0.495 e. The van der Waals surface area contributed by atoms with Crippen LogP contribution in [0.3, 0.4) is 0 Å². The van der Waals surface area contributed by atoms with Crippen molar-refractivity contribution in [2.75, 3.05) is 31.1 Å². The van der Waals surface area contributed by atoms with Crippen molar-refractivity contribution in [3.63, 3.8) is 0 Å². The van der Waals surface area contributed by atoms with Gasteiger partial charge in [0.15, 0.2) is 0 Å². The summed E-state index contributed by atoms with van der Waals surface area (Å²) in [4.78, 5) is 51.6. The molecule has 0 atom stereocenters. The normalized spacial score (nSPS) is 14.0. The highest BCUT2D eigenvalue weighted by atomic mass is 35.5. The van der Waals surface area contributed by atoms with Gasteiger partial charge in [-0.3, -0.25) is 23.7 Å². The number of aryl methyl sites for hydroxylation is 2. The molecule has 0 saturated carbocycles. The average Bonchev–Trinajstić information content (AvgIpc) is 3.26. The summed E-state index contributed by atoms with van der Waals surface area (Å²) in [6.07, 6.45) is -3.57. The fourth-order valence-corrected chi connectivity index (χ4v) is 5.30. The zero-order chi connectivity index (χ0) is 31.2. The predicted molar refractivity (Wildman–Crippen MR) is 147 cm³/mol. The van der Waals surface area contributed by atoms with Gasteiger partial charge in [0.1, 0.15) is 27.9 Å². The Hall–Kier alpha value is -4.17. The fraction of sp³-hybridized carbons (Fsp3) is 0.296. The number of piperazine rings is 1. The van der Waals surface area contributed by atoms with Gasteiger partial charge >= 0.3 is 18.1 Å².